The van der Waals surface area contributed by atoms with Crippen molar-refractivity contribution in [1.82, 2.24) is 14.8 Å². The molecule has 1 aromatic carbocycles. The number of alkyl halides is 3. The molecule has 0 saturated carbocycles. The van der Waals surface area contributed by atoms with E-state index in [9.17, 15) is 18.0 Å². The molecule has 4 rings (SSSR count). The Balaban J connectivity index is 1.83. The molecule has 0 spiro atoms. The van der Waals surface area contributed by atoms with Crippen molar-refractivity contribution in [2.75, 3.05) is 5.32 Å². The molecule has 1 atom stereocenters. The Hall–Kier alpha value is -2.64. The summed E-state index contributed by atoms with van der Waals surface area (Å²) in [6.07, 6.45) is -1.99. The fraction of sp³-hybridized carbons (Fsp3) is 0.389. The Bertz CT molecular complexity index is 909. The van der Waals surface area contributed by atoms with Gasteiger partial charge in [0, 0.05) is 17.7 Å². The van der Waals surface area contributed by atoms with Crippen LogP contribution in [0.15, 0.2) is 41.9 Å². The van der Waals surface area contributed by atoms with Crippen LogP contribution >= 0.6 is 0 Å². The van der Waals surface area contributed by atoms with Gasteiger partial charge in [0.2, 0.25) is 5.95 Å². The number of anilines is 1. The van der Waals surface area contributed by atoms with Crippen LogP contribution in [0.1, 0.15) is 43.9 Å². The molecule has 2 heterocycles. The molecule has 26 heavy (non-hydrogen) atoms. The van der Waals surface area contributed by atoms with Gasteiger partial charge in [-0.05, 0) is 29.5 Å². The number of aromatic nitrogens is 3. The summed E-state index contributed by atoms with van der Waals surface area (Å²) >= 11 is 0. The van der Waals surface area contributed by atoms with Crippen LogP contribution in [0.3, 0.4) is 0 Å². The van der Waals surface area contributed by atoms with Gasteiger partial charge in [-0.1, -0.05) is 26.0 Å². The van der Waals surface area contributed by atoms with Crippen molar-refractivity contribution in [3.05, 3.63) is 53.0 Å². The van der Waals surface area contributed by atoms with Crippen molar-refractivity contribution >= 4 is 11.7 Å². The van der Waals surface area contributed by atoms with Crippen LogP contribution in [-0.4, -0.2) is 20.5 Å². The molecule has 5 nitrogen and oxygen atoms in total. The van der Waals surface area contributed by atoms with Gasteiger partial charge >= 0.3 is 6.18 Å². The Labute approximate surface area is 147 Å². The number of ketones is 1. The Kier molecular flexibility index (Phi) is 3.51. The number of halogens is 3. The number of Topliss-reactive ketones (excluding diaryl/α,β-unsaturated/α-hetero) is 1. The van der Waals surface area contributed by atoms with Crippen molar-refractivity contribution in [1.29, 1.82) is 0 Å². The SMILES string of the molecule is CC1(C)CC(=O)C2=C(C1)Nc1ncnn1C2c1ccc(C(F)(F)F)cc1. The van der Waals surface area contributed by atoms with E-state index in [1.54, 1.807) is 4.68 Å². The molecule has 1 unspecified atom stereocenters. The van der Waals surface area contributed by atoms with E-state index in [1.807, 2.05) is 13.8 Å². The van der Waals surface area contributed by atoms with Gasteiger partial charge in [0.15, 0.2) is 5.78 Å². The number of nitrogens with zero attached hydrogens (tertiary/aromatic N) is 3. The van der Waals surface area contributed by atoms with Crippen molar-refractivity contribution in [3.8, 4) is 0 Å². The van der Waals surface area contributed by atoms with Gasteiger partial charge in [-0.3, -0.25) is 4.79 Å². The van der Waals surface area contributed by atoms with Crippen LogP contribution in [-0.2, 0) is 11.0 Å². The summed E-state index contributed by atoms with van der Waals surface area (Å²) in [5.74, 6) is 0.467. The first-order valence-corrected chi connectivity index (χ1v) is 8.26. The number of carbonyl (C=O) groups is 1. The summed E-state index contributed by atoms with van der Waals surface area (Å²) in [5.41, 5.74) is 1.00. The smallest absolute Gasteiger partial charge is 0.328 e. The number of carbonyl (C=O) groups excluding carboxylic acids is 1. The Morgan fingerprint density at radius 3 is 2.54 bits per heavy atom. The van der Waals surface area contributed by atoms with Gasteiger partial charge in [0.05, 0.1) is 5.56 Å². The lowest BCUT2D eigenvalue weighted by atomic mass is 9.73. The number of allylic oxidation sites excluding steroid dienone is 2. The fourth-order valence-electron chi connectivity index (χ4n) is 3.71. The van der Waals surface area contributed by atoms with Crippen LogP contribution in [0.5, 0.6) is 0 Å². The third-order valence-corrected chi connectivity index (χ3v) is 4.83. The topological polar surface area (TPSA) is 59.8 Å². The highest BCUT2D eigenvalue weighted by atomic mass is 19.4. The number of nitrogens with one attached hydrogen (secondary N) is 1. The van der Waals surface area contributed by atoms with E-state index in [4.69, 9.17) is 0 Å². The van der Waals surface area contributed by atoms with Crippen molar-refractivity contribution in [3.63, 3.8) is 0 Å². The molecular formula is C18H17F3N4O. The number of benzene rings is 1. The lowest BCUT2D eigenvalue weighted by molar-refractivity contribution is -0.137. The number of hydrogen-bond donors (Lipinski definition) is 1. The van der Waals surface area contributed by atoms with Crippen molar-refractivity contribution in [2.24, 2.45) is 5.41 Å². The van der Waals surface area contributed by atoms with E-state index in [2.05, 4.69) is 15.4 Å². The molecule has 1 N–H and O–H groups in total. The zero-order valence-electron chi connectivity index (χ0n) is 14.3. The highest BCUT2D eigenvalue weighted by Crippen LogP contribution is 2.45. The lowest BCUT2D eigenvalue weighted by Gasteiger charge is -2.38. The molecule has 1 aliphatic carbocycles. The molecule has 0 saturated heterocycles. The molecule has 0 bridgehead atoms. The normalized spacial score (nSPS) is 21.9. The first-order valence-electron chi connectivity index (χ1n) is 8.26. The largest absolute Gasteiger partial charge is 0.416 e. The highest BCUT2D eigenvalue weighted by Gasteiger charge is 2.41. The molecule has 2 aliphatic rings. The number of rotatable bonds is 1. The molecule has 2 aromatic rings. The van der Waals surface area contributed by atoms with E-state index >= 15 is 0 Å². The first kappa shape index (κ1) is 16.8. The maximum Gasteiger partial charge on any atom is 0.416 e. The first-order chi connectivity index (χ1) is 12.2. The Morgan fingerprint density at radius 2 is 1.88 bits per heavy atom. The third-order valence-electron chi connectivity index (χ3n) is 4.83. The fourth-order valence-corrected chi connectivity index (χ4v) is 3.71. The minimum absolute atomic E-state index is 0.0187. The van der Waals surface area contributed by atoms with Gasteiger partial charge in [0.25, 0.3) is 0 Å². The van der Waals surface area contributed by atoms with Crippen LogP contribution in [0, 0.1) is 5.41 Å². The van der Waals surface area contributed by atoms with Crippen molar-refractivity contribution < 1.29 is 18.0 Å². The standard InChI is InChI=1S/C18H17F3N4O/c1-17(2)7-12-14(13(26)8-17)15(25-16(24-12)22-9-23-25)10-3-5-11(6-4-10)18(19,20)21/h3-6,9,15H,7-8H2,1-2H3,(H,22,23,24). The summed E-state index contributed by atoms with van der Waals surface area (Å²) in [7, 11) is 0. The number of fused-ring (bicyclic) bond motifs is 1. The lowest BCUT2D eigenvalue weighted by Crippen LogP contribution is -2.36. The average Bonchev–Trinajstić information content (AvgIpc) is 2.99. The predicted molar refractivity (Wildman–Crippen MR) is 88.3 cm³/mol. The van der Waals surface area contributed by atoms with Gasteiger partial charge < -0.3 is 5.32 Å². The maximum absolute atomic E-state index is 12.9. The average molecular weight is 362 g/mol. The Morgan fingerprint density at radius 1 is 1.19 bits per heavy atom. The van der Waals surface area contributed by atoms with Gasteiger partial charge in [-0.2, -0.15) is 23.3 Å². The molecule has 0 fully saturated rings. The molecule has 1 aliphatic heterocycles. The molecular weight excluding hydrogens is 345 g/mol. The van der Waals surface area contributed by atoms with E-state index < -0.39 is 17.8 Å². The molecule has 1 aromatic heterocycles. The molecule has 136 valence electrons. The predicted octanol–water partition coefficient (Wildman–Crippen LogP) is 3.96. The summed E-state index contributed by atoms with van der Waals surface area (Å²) in [6, 6.07) is 4.30. The van der Waals surface area contributed by atoms with E-state index in [0.29, 0.717) is 29.9 Å². The molecule has 8 heteroatoms. The van der Waals surface area contributed by atoms with Crippen LogP contribution in [0.4, 0.5) is 19.1 Å². The minimum atomic E-state index is -4.40. The second kappa shape index (κ2) is 5.43. The zero-order valence-corrected chi connectivity index (χ0v) is 14.3. The number of hydrogen-bond acceptors (Lipinski definition) is 4. The van der Waals surface area contributed by atoms with Crippen LogP contribution in [0.25, 0.3) is 0 Å². The zero-order chi connectivity index (χ0) is 18.7. The second-order valence-corrected chi connectivity index (χ2v) is 7.51. The minimum Gasteiger partial charge on any atom is -0.328 e. The highest BCUT2D eigenvalue weighted by molar-refractivity contribution is 6.00. The third kappa shape index (κ3) is 2.69. The second-order valence-electron chi connectivity index (χ2n) is 7.51. The van der Waals surface area contributed by atoms with Crippen LogP contribution in [0.2, 0.25) is 0 Å². The molecule has 0 radical (unpaired) electrons. The summed E-state index contributed by atoms with van der Waals surface area (Å²) in [4.78, 5) is 17.0. The van der Waals surface area contributed by atoms with E-state index in [-0.39, 0.29) is 11.2 Å². The van der Waals surface area contributed by atoms with Crippen LogP contribution < -0.4 is 5.32 Å². The van der Waals surface area contributed by atoms with E-state index in [0.717, 1.165) is 17.8 Å². The quantitative estimate of drug-likeness (QED) is 0.834. The van der Waals surface area contributed by atoms with Gasteiger partial charge in [0.1, 0.15) is 12.4 Å². The summed E-state index contributed by atoms with van der Waals surface area (Å²) in [5, 5.41) is 7.35. The molecule has 0 amide bonds. The van der Waals surface area contributed by atoms with Gasteiger partial charge in [-0.15, -0.1) is 0 Å². The summed E-state index contributed by atoms with van der Waals surface area (Å²) < 4.78 is 40.2. The van der Waals surface area contributed by atoms with Gasteiger partial charge in [-0.25, -0.2) is 4.68 Å². The monoisotopic (exact) mass is 362 g/mol. The van der Waals surface area contributed by atoms with E-state index in [1.165, 1.54) is 18.5 Å². The van der Waals surface area contributed by atoms with Crippen molar-refractivity contribution in [2.45, 2.75) is 38.9 Å². The maximum atomic E-state index is 12.9. The summed E-state index contributed by atoms with van der Waals surface area (Å²) in [6.45, 7) is 4.03.